The highest BCUT2D eigenvalue weighted by Gasteiger charge is 2.04. The highest BCUT2D eigenvalue weighted by Crippen LogP contribution is 2.06. The molecule has 0 spiro atoms. The normalized spacial score (nSPS) is 11.3. The molecule has 5 nitrogen and oxygen atoms in total. The van der Waals surface area contributed by atoms with Crippen LogP contribution in [0.15, 0.2) is 24.5 Å². The van der Waals surface area contributed by atoms with E-state index in [1.807, 2.05) is 40.9 Å². The maximum absolute atomic E-state index is 4.50. The fourth-order valence-electron chi connectivity index (χ4n) is 1.68. The minimum atomic E-state index is 0.404. The van der Waals surface area contributed by atoms with Crippen LogP contribution in [-0.2, 0) is 13.1 Å². The molecule has 0 aliphatic rings. The van der Waals surface area contributed by atoms with Crippen molar-refractivity contribution in [2.24, 2.45) is 0 Å². The van der Waals surface area contributed by atoms with Crippen LogP contribution >= 0.6 is 0 Å². The Hall–Kier alpha value is -1.62. The molecule has 0 aliphatic heterocycles. The quantitative estimate of drug-likeness (QED) is 0.850. The van der Waals surface area contributed by atoms with Crippen molar-refractivity contribution >= 4 is 0 Å². The molecule has 0 fully saturated rings. The zero-order valence-electron chi connectivity index (χ0n) is 10.6. The predicted molar refractivity (Wildman–Crippen MR) is 66.7 cm³/mol. The zero-order valence-corrected chi connectivity index (χ0v) is 10.6. The van der Waals surface area contributed by atoms with E-state index >= 15 is 0 Å². The van der Waals surface area contributed by atoms with Crippen molar-refractivity contribution < 1.29 is 0 Å². The second-order valence-electron chi connectivity index (χ2n) is 4.42. The van der Waals surface area contributed by atoms with E-state index in [1.54, 1.807) is 0 Å². The summed E-state index contributed by atoms with van der Waals surface area (Å²) in [4.78, 5) is 0. The number of hydrogen-bond donors (Lipinski definition) is 1. The third kappa shape index (κ3) is 2.94. The summed E-state index contributed by atoms with van der Waals surface area (Å²) in [6.07, 6.45) is 4.00. The van der Waals surface area contributed by atoms with E-state index in [2.05, 4.69) is 29.4 Å². The van der Waals surface area contributed by atoms with Gasteiger partial charge in [-0.25, -0.2) is 0 Å². The molecule has 0 saturated carbocycles. The molecule has 1 N–H and O–H groups in total. The van der Waals surface area contributed by atoms with Gasteiger partial charge in [-0.05, 0) is 33.0 Å². The van der Waals surface area contributed by atoms with Crippen LogP contribution in [0.4, 0.5) is 0 Å². The number of hydrogen-bond acceptors (Lipinski definition) is 3. The Morgan fingerprint density at radius 1 is 1.18 bits per heavy atom. The maximum atomic E-state index is 4.50. The predicted octanol–water partition coefficient (Wildman–Crippen LogP) is 1.43. The van der Waals surface area contributed by atoms with E-state index < -0.39 is 0 Å². The van der Waals surface area contributed by atoms with Crippen LogP contribution in [0.2, 0.25) is 0 Å². The van der Waals surface area contributed by atoms with Gasteiger partial charge in [0.05, 0.1) is 17.9 Å². The summed E-state index contributed by atoms with van der Waals surface area (Å²) < 4.78 is 3.88. The van der Waals surface area contributed by atoms with Gasteiger partial charge in [0.1, 0.15) is 0 Å². The Kier molecular flexibility index (Phi) is 3.58. The number of rotatable bonds is 5. The van der Waals surface area contributed by atoms with Crippen LogP contribution in [0.5, 0.6) is 0 Å². The Bertz CT molecular complexity index is 469. The van der Waals surface area contributed by atoms with Gasteiger partial charge in [0.2, 0.25) is 0 Å². The van der Waals surface area contributed by atoms with Crippen LogP contribution in [0.1, 0.15) is 31.3 Å². The van der Waals surface area contributed by atoms with E-state index in [0.717, 1.165) is 24.5 Å². The van der Waals surface area contributed by atoms with Gasteiger partial charge in [0.15, 0.2) is 0 Å². The lowest BCUT2D eigenvalue weighted by molar-refractivity contribution is 0.520. The molecule has 0 saturated heterocycles. The average molecular weight is 233 g/mol. The van der Waals surface area contributed by atoms with Crippen LogP contribution in [0.3, 0.4) is 0 Å². The van der Waals surface area contributed by atoms with Gasteiger partial charge >= 0.3 is 0 Å². The van der Waals surface area contributed by atoms with Gasteiger partial charge in [0.25, 0.3) is 0 Å². The summed E-state index contributed by atoms with van der Waals surface area (Å²) >= 11 is 0. The first-order valence-electron chi connectivity index (χ1n) is 5.90. The molecule has 0 unspecified atom stereocenters. The molecule has 2 aromatic rings. The zero-order chi connectivity index (χ0) is 12.3. The molecule has 0 atom stereocenters. The van der Waals surface area contributed by atoms with Crippen molar-refractivity contribution in [3.63, 3.8) is 0 Å². The highest BCUT2D eigenvalue weighted by atomic mass is 15.3. The highest BCUT2D eigenvalue weighted by molar-refractivity contribution is 5.03. The Morgan fingerprint density at radius 2 is 1.94 bits per heavy atom. The fourth-order valence-corrected chi connectivity index (χ4v) is 1.68. The number of nitrogens with zero attached hydrogens (tertiary/aromatic N) is 4. The minimum Gasteiger partial charge on any atom is -0.314 e. The van der Waals surface area contributed by atoms with Gasteiger partial charge in [-0.3, -0.25) is 9.36 Å². The molecule has 5 heteroatoms. The molecule has 17 heavy (non-hydrogen) atoms. The molecule has 2 aromatic heterocycles. The molecule has 0 bridgehead atoms. The topological polar surface area (TPSA) is 47.7 Å². The third-order valence-electron chi connectivity index (χ3n) is 2.57. The average Bonchev–Trinajstić information content (AvgIpc) is 2.89. The van der Waals surface area contributed by atoms with E-state index in [4.69, 9.17) is 0 Å². The van der Waals surface area contributed by atoms with Crippen LogP contribution in [0, 0.1) is 0 Å². The minimum absolute atomic E-state index is 0.404. The summed E-state index contributed by atoms with van der Waals surface area (Å²) in [5.74, 6) is 0. The van der Waals surface area contributed by atoms with E-state index in [-0.39, 0.29) is 0 Å². The molecule has 92 valence electrons. The summed E-state index contributed by atoms with van der Waals surface area (Å²) in [5, 5.41) is 12.0. The second-order valence-corrected chi connectivity index (χ2v) is 4.42. The van der Waals surface area contributed by atoms with E-state index in [9.17, 15) is 0 Å². The fraction of sp³-hybridized carbons (Fsp3) is 0.500. The van der Waals surface area contributed by atoms with Crippen molar-refractivity contribution in [3.05, 3.63) is 35.9 Å². The van der Waals surface area contributed by atoms with Crippen molar-refractivity contribution in [1.29, 1.82) is 0 Å². The molecule has 0 aromatic carbocycles. The van der Waals surface area contributed by atoms with Crippen LogP contribution in [0.25, 0.3) is 0 Å². The molecular weight excluding hydrogens is 214 g/mol. The second kappa shape index (κ2) is 5.14. The molecule has 0 amide bonds. The first kappa shape index (κ1) is 11.9. The van der Waals surface area contributed by atoms with Crippen LogP contribution < -0.4 is 5.32 Å². The Morgan fingerprint density at radius 3 is 2.59 bits per heavy atom. The summed E-state index contributed by atoms with van der Waals surface area (Å²) in [7, 11) is 1.92. The van der Waals surface area contributed by atoms with Crippen molar-refractivity contribution in [2.45, 2.75) is 33.0 Å². The molecule has 0 aliphatic carbocycles. The lowest BCUT2D eigenvalue weighted by Gasteiger charge is -2.03. The summed E-state index contributed by atoms with van der Waals surface area (Å²) in [5.41, 5.74) is 2.09. The van der Waals surface area contributed by atoms with Gasteiger partial charge in [-0.1, -0.05) is 0 Å². The van der Waals surface area contributed by atoms with Gasteiger partial charge < -0.3 is 5.32 Å². The first-order valence-corrected chi connectivity index (χ1v) is 5.90. The largest absolute Gasteiger partial charge is 0.314 e. The summed E-state index contributed by atoms with van der Waals surface area (Å²) in [6.45, 7) is 5.77. The van der Waals surface area contributed by atoms with Crippen molar-refractivity contribution in [2.75, 3.05) is 7.05 Å². The third-order valence-corrected chi connectivity index (χ3v) is 2.57. The Balaban J connectivity index is 2.03. The van der Waals surface area contributed by atoms with Crippen molar-refractivity contribution in [1.82, 2.24) is 24.9 Å². The first-order chi connectivity index (χ1) is 8.19. The number of nitrogens with one attached hydrogen (secondary N) is 1. The van der Waals surface area contributed by atoms with Crippen molar-refractivity contribution in [3.8, 4) is 0 Å². The maximum Gasteiger partial charge on any atom is 0.0849 e. The number of aromatic nitrogens is 4. The molecular formula is C12H19N5. The van der Waals surface area contributed by atoms with E-state index in [0.29, 0.717) is 6.04 Å². The summed E-state index contributed by atoms with van der Waals surface area (Å²) in [6, 6.07) is 4.47. The molecule has 2 heterocycles. The monoisotopic (exact) mass is 233 g/mol. The van der Waals surface area contributed by atoms with Crippen LogP contribution in [-0.4, -0.2) is 26.6 Å². The van der Waals surface area contributed by atoms with Gasteiger partial charge in [0, 0.05) is 25.0 Å². The molecule has 0 radical (unpaired) electrons. The standard InChI is InChI=1S/C12H19N5/c1-10(2)17-7-5-12(15-17)9-16-6-4-11(14-16)8-13-3/h4-7,10,13H,8-9H2,1-3H3. The lowest BCUT2D eigenvalue weighted by atomic mass is 10.4. The smallest absolute Gasteiger partial charge is 0.0849 e. The van der Waals surface area contributed by atoms with Gasteiger partial charge in [-0.15, -0.1) is 0 Å². The van der Waals surface area contributed by atoms with Gasteiger partial charge in [-0.2, -0.15) is 10.2 Å². The SMILES string of the molecule is CNCc1ccn(Cc2ccn(C(C)C)n2)n1. The molecule has 2 rings (SSSR count). The lowest BCUT2D eigenvalue weighted by Crippen LogP contribution is -2.08. The Labute approximate surface area is 101 Å². The van der Waals surface area contributed by atoms with E-state index in [1.165, 1.54) is 0 Å².